The molecule has 0 bridgehead atoms. The fraction of sp³-hybridized carbons (Fsp3) is 0.106. The van der Waals surface area contributed by atoms with E-state index in [2.05, 4.69) is 9.97 Å². The lowest BCUT2D eigenvalue weighted by atomic mass is 9.95. The Labute approximate surface area is 345 Å². The molecule has 4 aromatic carbocycles. The molecule has 2 aliphatic rings. The maximum absolute atomic E-state index is 13.1. The summed E-state index contributed by atoms with van der Waals surface area (Å²) >= 11 is 0. The molecule has 0 aliphatic carbocycles. The number of Topliss-reactive ketones (excluding diaryl/α,β-unsaturated/α-hetero) is 2. The summed E-state index contributed by atoms with van der Waals surface area (Å²) in [5.41, 5.74) is 2.14. The first-order valence-corrected chi connectivity index (χ1v) is 18.6. The second-order valence-electron chi connectivity index (χ2n) is 13.3. The van der Waals surface area contributed by atoms with Gasteiger partial charge in [0.05, 0.1) is 44.6 Å². The topological polar surface area (TPSA) is 169 Å². The number of rotatable bonds is 9. The molecule has 13 nitrogen and oxygen atoms in total. The average Bonchev–Trinajstić information content (AvgIpc) is 3.73. The average molecular weight is 803 g/mol. The van der Waals surface area contributed by atoms with Gasteiger partial charge in [0.15, 0.2) is 11.5 Å². The molecule has 8 rings (SSSR count). The molecule has 2 aliphatic heterocycles. The summed E-state index contributed by atoms with van der Waals surface area (Å²) in [5, 5.41) is 22.0. The van der Waals surface area contributed by atoms with Gasteiger partial charge in [0.25, 0.3) is 11.6 Å². The quantitative estimate of drug-likeness (QED) is 0.0847. The Morgan fingerprint density at radius 3 is 1.35 bits per heavy atom. The Kier molecular flexibility index (Phi) is 11.8. The van der Waals surface area contributed by atoms with Gasteiger partial charge >= 0.3 is 11.8 Å². The van der Waals surface area contributed by atoms with Crippen LogP contribution in [0, 0.1) is 0 Å². The molecule has 2 unspecified atom stereocenters. The van der Waals surface area contributed by atoms with Crippen molar-refractivity contribution in [2.75, 3.05) is 31.1 Å². The Bertz CT molecular complexity index is 2600. The minimum absolute atomic E-state index is 0.0194. The zero-order valence-corrected chi connectivity index (χ0v) is 32.6. The van der Waals surface area contributed by atoms with Crippen LogP contribution < -0.4 is 24.0 Å². The van der Waals surface area contributed by atoms with E-state index < -0.39 is 35.5 Å². The molecule has 0 saturated carbocycles. The number of hydrogen-bond donors (Lipinski definition) is 2. The first kappa shape index (κ1) is 40.1. The Hall–Kier alpha value is -8.06. The molecule has 2 N–H and O–H groups in total. The van der Waals surface area contributed by atoms with Gasteiger partial charge in [0.2, 0.25) is 0 Å². The van der Waals surface area contributed by atoms with Crippen LogP contribution in [-0.2, 0) is 19.2 Å². The molecule has 60 heavy (non-hydrogen) atoms. The fourth-order valence-corrected chi connectivity index (χ4v) is 7.07. The number of methoxy groups -OCH3 is 3. The van der Waals surface area contributed by atoms with Crippen molar-refractivity contribution in [1.29, 1.82) is 0 Å². The largest absolute Gasteiger partial charge is 0.507 e. The highest BCUT2D eigenvalue weighted by atomic mass is 16.5. The molecule has 6 aromatic rings. The molecule has 2 amide bonds. The summed E-state index contributed by atoms with van der Waals surface area (Å²) in [6, 6.07) is 38.0. The molecule has 2 fully saturated rings. The molecule has 2 atom stereocenters. The van der Waals surface area contributed by atoms with Crippen LogP contribution >= 0.6 is 0 Å². The predicted molar refractivity (Wildman–Crippen MR) is 223 cm³/mol. The maximum atomic E-state index is 13.1. The van der Waals surface area contributed by atoms with E-state index in [0.717, 1.165) is 0 Å². The number of aromatic nitrogens is 2. The Balaban J connectivity index is 0.000000182. The van der Waals surface area contributed by atoms with E-state index in [1.165, 1.54) is 30.2 Å². The molecule has 2 saturated heterocycles. The third-order valence-electron chi connectivity index (χ3n) is 9.93. The van der Waals surface area contributed by atoms with Crippen LogP contribution in [0.2, 0.25) is 0 Å². The number of amides is 2. The number of nitrogens with zero attached hydrogens (tertiary/aromatic N) is 4. The van der Waals surface area contributed by atoms with Gasteiger partial charge in [-0.3, -0.25) is 29.0 Å². The lowest BCUT2D eigenvalue weighted by molar-refractivity contribution is -0.132. The van der Waals surface area contributed by atoms with Gasteiger partial charge in [-0.25, -0.2) is 9.97 Å². The van der Waals surface area contributed by atoms with Crippen LogP contribution in [0.25, 0.3) is 11.5 Å². The number of ketones is 2. The number of anilines is 2. The van der Waals surface area contributed by atoms with Crippen molar-refractivity contribution >= 4 is 46.5 Å². The van der Waals surface area contributed by atoms with Crippen molar-refractivity contribution in [3.05, 3.63) is 185 Å². The van der Waals surface area contributed by atoms with Crippen LogP contribution in [-0.4, -0.2) is 64.9 Å². The summed E-state index contributed by atoms with van der Waals surface area (Å²) in [4.78, 5) is 63.1. The van der Waals surface area contributed by atoms with E-state index in [-0.39, 0.29) is 22.7 Å². The maximum Gasteiger partial charge on any atom is 0.301 e. The van der Waals surface area contributed by atoms with Crippen LogP contribution in [0.1, 0.15) is 34.3 Å². The summed E-state index contributed by atoms with van der Waals surface area (Å²) in [7, 11) is 4.58. The predicted octanol–water partition coefficient (Wildman–Crippen LogP) is 7.44. The molecule has 13 heteroatoms. The highest BCUT2D eigenvalue weighted by molar-refractivity contribution is 6.52. The van der Waals surface area contributed by atoms with E-state index in [0.29, 0.717) is 51.1 Å². The summed E-state index contributed by atoms with van der Waals surface area (Å²) in [6.45, 7) is 0. The number of carbonyl (C=O) groups excluding carboxylic acids is 4. The summed E-state index contributed by atoms with van der Waals surface area (Å²) < 4.78 is 15.9. The Morgan fingerprint density at radius 1 is 0.500 bits per heavy atom. The summed E-state index contributed by atoms with van der Waals surface area (Å²) in [5.74, 6) is -1.29. The zero-order valence-electron chi connectivity index (χ0n) is 32.6. The highest BCUT2D eigenvalue weighted by Gasteiger charge is 2.49. The first-order valence-electron chi connectivity index (χ1n) is 18.6. The van der Waals surface area contributed by atoms with E-state index in [9.17, 15) is 29.4 Å². The van der Waals surface area contributed by atoms with Gasteiger partial charge in [0.1, 0.15) is 28.9 Å². The minimum Gasteiger partial charge on any atom is -0.507 e. The zero-order chi connectivity index (χ0) is 42.3. The van der Waals surface area contributed by atoms with Crippen molar-refractivity contribution in [2.45, 2.75) is 12.1 Å². The molecular weight excluding hydrogens is 765 g/mol. The number of hydrogen-bond acceptors (Lipinski definition) is 11. The third kappa shape index (κ3) is 7.66. The van der Waals surface area contributed by atoms with Crippen molar-refractivity contribution in [2.24, 2.45) is 0 Å². The summed E-state index contributed by atoms with van der Waals surface area (Å²) in [6.07, 6.45) is 3.09. The number of pyridine rings is 2. The normalized spacial score (nSPS) is 17.9. The van der Waals surface area contributed by atoms with E-state index in [1.54, 1.807) is 147 Å². The van der Waals surface area contributed by atoms with Crippen molar-refractivity contribution in [3.63, 3.8) is 0 Å². The number of aliphatic hydroxyl groups excluding tert-OH is 2. The number of ether oxygens (including phenoxy) is 3. The van der Waals surface area contributed by atoms with Gasteiger partial charge in [-0.1, -0.05) is 91.0 Å². The highest BCUT2D eigenvalue weighted by Crippen LogP contribution is 2.44. The van der Waals surface area contributed by atoms with E-state index >= 15 is 0 Å². The van der Waals surface area contributed by atoms with Crippen molar-refractivity contribution in [3.8, 4) is 17.2 Å². The lowest BCUT2D eigenvalue weighted by Gasteiger charge is -2.25. The molecule has 2 aromatic heterocycles. The number of carbonyl (C=O) groups is 4. The van der Waals surface area contributed by atoms with Crippen molar-refractivity contribution in [1.82, 2.24) is 9.97 Å². The van der Waals surface area contributed by atoms with Gasteiger partial charge < -0.3 is 24.4 Å². The second-order valence-corrected chi connectivity index (χ2v) is 13.3. The molecule has 0 spiro atoms. The lowest BCUT2D eigenvalue weighted by Crippen LogP contribution is -2.30. The second kappa shape index (κ2) is 17.6. The first-order chi connectivity index (χ1) is 29.2. The van der Waals surface area contributed by atoms with E-state index in [1.807, 2.05) is 6.07 Å². The van der Waals surface area contributed by atoms with Gasteiger partial charge in [0, 0.05) is 23.5 Å². The van der Waals surface area contributed by atoms with Crippen LogP contribution in [0.4, 0.5) is 11.6 Å². The SMILES string of the molecule is COc1ccc(C2C(=C(O)c3ccccc3)C(=O)C(=O)N2c2ccccn2)cc1.COc1ccc(C2C(=C(O)c3ccccc3)C(=O)C(=O)N2c2ccccn2)cc1OC. The molecular formula is C47H38N4O9. The monoisotopic (exact) mass is 802 g/mol. The standard InChI is InChI=1S/C24H20N2O5.C23H18N2O4/c1-30-17-12-11-16(14-18(17)31-2)21-20(22(27)15-8-4-3-5-9-15)23(28)24(29)26(21)19-10-6-7-13-25-19;1-29-17-12-10-15(11-13-17)20-19(21(26)16-7-3-2-4-8-16)22(27)23(28)25(20)18-9-5-6-14-24-18/h3-14,21,27H,1-2H3;2-14,20,26H,1H3. The smallest absolute Gasteiger partial charge is 0.301 e. The van der Waals surface area contributed by atoms with Crippen LogP contribution in [0.5, 0.6) is 17.2 Å². The van der Waals surface area contributed by atoms with Gasteiger partial charge in [-0.05, 0) is 59.7 Å². The Morgan fingerprint density at radius 2 is 0.933 bits per heavy atom. The molecule has 0 radical (unpaired) electrons. The molecule has 300 valence electrons. The van der Waals surface area contributed by atoms with Gasteiger partial charge in [-0.2, -0.15) is 0 Å². The van der Waals surface area contributed by atoms with Crippen LogP contribution in [0.3, 0.4) is 0 Å². The number of benzene rings is 4. The third-order valence-corrected chi connectivity index (χ3v) is 9.93. The van der Waals surface area contributed by atoms with E-state index in [4.69, 9.17) is 14.2 Å². The number of aliphatic hydroxyl groups is 2. The van der Waals surface area contributed by atoms with Crippen LogP contribution in [0.15, 0.2) is 163 Å². The molecule has 4 heterocycles. The fourth-order valence-electron chi connectivity index (χ4n) is 7.07. The van der Waals surface area contributed by atoms with Gasteiger partial charge in [-0.15, -0.1) is 0 Å². The van der Waals surface area contributed by atoms with Crippen molar-refractivity contribution < 1.29 is 43.6 Å². The minimum atomic E-state index is -0.894.